The van der Waals surface area contributed by atoms with Crippen LogP contribution in [-0.2, 0) is 0 Å². The maximum Gasteiger partial charge on any atom is 0.0991 e. The molecule has 0 bridgehead atoms. The SMILES string of the molecule is N#Cc1ccc(C(CCN)n2ccnc2)cc1. The second kappa shape index (κ2) is 5.28. The molecule has 1 aromatic heterocycles. The highest BCUT2D eigenvalue weighted by molar-refractivity contribution is 5.33. The van der Waals surface area contributed by atoms with Gasteiger partial charge in [-0.2, -0.15) is 5.26 Å². The van der Waals surface area contributed by atoms with Gasteiger partial charge in [-0.25, -0.2) is 4.98 Å². The molecule has 4 heteroatoms. The normalized spacial score (nSPS) is 12.0. The molecule has 0 aliphatic carbocycles. The Morgan fingerprint density at radius 2 is 2.12 bits per heavy atom. The summed E-state index contributed by atoms with van der Waals surface area (Å²) in [5.41, 5.74) is 7.46. The zero-order valence-corrected chi connectivity index (χ0v) is 9.45. The highest BCUT2D eigenvalue weighted by Crippen LogP contribution is 2.21. The zero-order chi connectivity index (χ0) is 12.1. The number of aromatic nitrogens is 2. The number of nitriles is 1. The predicted molar refractivity (Wildman–Crippen MR) is 65.2 cm³/mol. The molecule has 1 atom stereocenters. The molecule has 0 radical (unpaired) electrons. The molecule has 1 unspecified atom stereocenters. The fraction of sp³-hybridized carbons (Fsp3) is 0.231. The molecular weight excluding hydrogens is 212 g/mol. The molecule has 0 aliphatic heterocycles. The highest BCUT2D eigenvalue weighted by Gasteiger charge is 2.11. The molecule has 2 aromatic rings. The van der Waals surface area contributed by atoms with E-state index in [9.17, 15) is 0 Å². The fourth-order valence-corrected chi connectivity index (χ4v) is 1.88. The van der Waals surface area contributed by atoms with Crippen LogP contribution in [0.3, 0.4) is 0 Å². The molecule has 2 rings (SSSR count). The van der Waals surface area contributed by atoms with Gasteiger partial charge < -0.3 is 10.3 Å². The van der Waals surface area contributed by atoms with E-state index in [2.05, 4.69) is 11.1 Å². The van der Waals surface area contributed by atoms with Gasteiger partial charge in [-0.15, -0.1) is 0 Å². The smallest absolute Gasteiger partial charge is 0.0991 e. The van der Waals surface area contributed by atoms with Crippen molar-refractivity contribution in [2.75, 3.05) is 6.54 Å². The first-order valence-corrected chi connectivity index (χ1v) is 5.52. The maximum absolute atomic E-state index is 8.77. The van der Waals surface area contributed by atoms with Gasteiger partial charge in [-0.05, 0) is 30.7 Å². The lowest BCUT2D eigenvalue weighted by Gasteiger charge is -2.18. The standard InChI is InChI=1S/C13H14N4/c14-6-5-13(17-8-7-16-10-17)12-3-1-11(9-15)2-4-12/h1-4,7-8,10,13H,5-6,14H2. The van der Waals surface area contributed by atoms with Gasteiger partial charge in [0.2, 0.25) is 0 Å². The van der Waals surface area contributed by atoms with Gasteiger partial charge in [0.1, 0.15) is 0 Å². The summed E-state index contributed by atoms with van der Waals surface area (Å²) in [4.78, 5) is 4.05. The quantitative estimate of drug-likeness (QED) is 0.862. The van der Waals surface area contributed by atoms with Crippen LogP contribution in [0, 0.1) is 11.3 Å². The molecule has 17 heavy (non-hydrogen) atoms. The molecular formula is C13H14N4. The summed E-state index contributed by atoms with van der Waals surface area (Å²) in [5.74, 6) is 0. The number of rotatable bonds is 4. The van der Waals surface area contributed by atoms with Crippen molar-refractivity contribution in [3.8, 4) is 6.07 Å². The van der Waals surface area contributed by atoms with Gasteiger partial charge in [-0.3, -0.25) is 0 Å². The minimum absolute atomic E-state index is 0.190. The van der Waals surface area contributed by atoms with Gasteiger partial charge in [0.15, 0.2) is 0 Å². The van der Waals surface area contributed by atoms with Gasteiger partial charge in [0.05, 0.1) is 24.0 Å². The number of nitrogens with zero attached hydrogens (tertiary/aromatic N) is 3. The predicted octanol–water partition coefficient (Wildman–Crippen LogP) is 1.69. The Labute approximate surface area is 100 Å². The maximum atomic E-state index is 8.77. The van der Waals surface area contributed by atoms with Crippen molar-refractivity contribution in [1.29, 1.82) is 5.26 Å². The Hall–Kier alpha value is -2.12. The minimum Gasteiger partial charge on any atom is -0.330 e. The van der Waals surface area contributed by atoms with E-state index in [1.807, 2.05) is 35.0 Å². The van der Waals surface area contributed by atoms with Crippen molar-refractivity contribution in [3.05, 3.63) is 54.1 Å². The molecule has 1 heterocycles. The second-order valence-corrected chi connectivity index (χ2v) is 3.84. The average molecular weight is 226 g/mol. The van der Waals surface area contributed by atoms with Crippen LogP contribution in [0.25, 0.3) is 0 Å². The largest absolute Gasteiger partial charge is 0.330 e. The molecule has 86 valence electrons. The molecule has 2 N–H and O–H groups in total. The average Bonchev–Trinajstić information content (AvgIpc) is 2.90. The number of hydrogen-bond donors (Lipinski definition) is 1. The van der Waals surface area contributed by atoms with Crippen molar-refractivity contribution in [2.24, 2.45) is 5.73 Å². The van der Waals surface area contributed by atoms with Crippen molar-refractivity contribution in [3.63, 3.8) is 0 Å². The van der Waals surface area contributed by atoms with Crippen molar-refractivity contribution >= 4 is 0 Å². The van der Waals surface area contributed by atoms with E-state index in [1.165, 1.54) is 0 Å². The van der Waals surface area contributed by atoms with Gasteiger partial charge in [0.25, 0.3) is 0 Å². The number of benzene rings is 1. The third-order valence-electron chi connectivity index (χ3n) is 2.75. The van der Waals surface area contributed by atoms with Crippen molar-refractivity contribution < 1.29 is 0 Å². The van der Waals surface area contributed by atoms with Crippen LogP contribution >= 0.6 is 0 Å². The van der Waals surface area contributed by atoms with Crippen LogP contribution in [0.5, 0.6) is 0 Å². The Morgan fingerprint density at radius 3 is 2.65 bits per heavy atom. The lowest BCUT2D eigenvalue weighted by Crippen LogP contribution is -2.14. The van der Waals surface area contributed by atoms with E-state index in [4.69, 9.17) is 11.0 Å². The summed E-state index contributed by atoms with van der Waals surface area (Å²) in [7, 11) is 0. The fourth-order valence-electron chi connectivity index (χ4n) is 1.88. The monoisotopic (exact) mass is 226 g/mol. The summed E-state index contributed by atoms with van der Waals surface area (Å²) >= 11 is 0. The van der Waals surface area contributed by atoms with E-state index < -0.39 is 0 Å². The van der Waals surface area contributed by atoms with Crippen LogP contribution in [0.15, 0.2) is 43.0 Å². The molecule has 0 aliphatic rings. The second-order valence-electron chi connectivity index (χ2n) is 3.84. The minimum atomic E-state index is 0.190. The molecule has 4 nitrogen and oxygen atoms in total. The van der Waals surface area contributed by atoms with Gasteiger partial charge >= 0.3 is 0 Å². The van der Waals surface area contributed by atoms with Gasteiger partial charge in [0, 0.05) is 12.4 Å². The van der Waals surface area contributed by atoms with Crippen LogP contribution in [0.1, 0.15) is 23.6 Å². The van der Waals surface area contributed by atoms with Gasteiger partial charge in [-0.1, -0.05) is 12.1 Å². The summed E-state index contributed by atoms with van der Waals surface area (Å²) in [6.07, 6.45) is 6.33. The third-order valence-corrected chi connectivity index (χ3v) is 2.75. The summed E-state index contributed by atoms with van der Waals surface area (Å²) in [6, 6.07) is 9.91. The molecule has 0 amide bonds. The van der Waals surface area contributed by atoms with Crippen molar-refractivity contribution in [2.45, 2.75) is 12.5 Å². The third kappa shape index (κ3) is 2.52. The van der Waals surface area contributed by atoms with Crippen molar-refractivity contribution in [1.82, 2.24) is 9.55 Å². The van der Waals surface area contributed by atoms with E-state index in [0.717, 1.165) is 12.0 Å². The Kier molecular flexibility index (Phi) is 3.53. The zero-order valence-electron chi connectivity index (χ0n) is 9.45. The molecule has 0 saturated heterocycles. The number of imidazole rings is 1. The summed E-state index contributed by atoms with van der Waals surface area (Å²) in [5, 5.41) is 8.77. The lowest BCUT2D eigenvalue weighted by molar-refractivity contribution is 0.547. The first-order chi connectivity index (χ1) is 8.35. The Balaban J connectivity index is 2.30. The van der Waals surface area contributed by atoms with E-state index in [1.54, 1.807) is 12.5 Å². The number of nitrogens with two attached hydrogens (primary N) is 1. The highest BCUT2D eigenvalue weighted by atomic mass is 15.0. The van der Waals surface area contributed by atoms with Crippen LogP contribution in [0.4, 0.5) is 0 Å². The van der Waals surface area contributed by atoms with E-state index in [0.29, 0.717) is 12.1 Å². The summed E-state index contributed by atoms with van der Waals surface area (Å²) < 4.78 is 2.04. The number of hydrogen-bond acceptors (Lipinski definition) is 3. The molecule has 0 fully saturated rings. The van der Waals surface area contributed by atoms with E-state index >= 15 is 0 Å². The van der Waals surface area contributed by atoms with Crippen LogP contribution in [0.2, 0.25) is 0 Å². The first kappa shape index (κ1) is 11.4. The first-order valence-electron chi connectivity index (χ1n) is 5.52. The molecule has 1 aromatic carbocycles. The summed E-state index contributed by atoms with van der Waals surface area (Å²) in [6.45, 7) is 0.614. The van der Waals surface area contributed by atoms with Crippen LogP contribution < -0.4 is 5.73 Å². The Bertz CT molecular complexity index is 493. The molecule has 0 spiro atoms. The molecule has 0 saturated carbocycles. The van der Waals surface area contributed by atoms with E-state index in [-0.39, 0.29) is 6.04 Å². The topological polar surface area (TPSA) is 67.6 Å². The Morgan fingerprint density at radius 1 is 1.35 bits per heavy atom. The van der Waals surface area contributed by atoms with Crippen LogP contribution in [-0.4, -0.2) is 16.1 Å². The lowest BCUT2D eigenvalue weighted by atomic mass is 10.0.